The lowest BCUT2D eigenvalue weighted by molar-refractivity contribution is 0.0309. The highest BCUT2D eigenvalue weighted by atomic mass is 127. The molecular formula is C10H12INO4. The van der Waals surface area contributed by atoms with E-state index in [9.17, 15) is 4.79 Å². The Bertz CT molecular complexity index is 384. The summed E-state index contributed by atoms with van der Waals surface area (Å²) < 4.78 is 11.2. The zero-order valence-electron chi connectivity index (χ0n) is 8.61. The van der Waals surface area contributed by atoms with Crippen LogP contribution < -0.4 is 0 Å². The van der Waals surface area contributed by atoms with Gasteiger partial charge in [0.25, 0.3) is 0 Å². The minimum Gasteiger partial charge on any atom is -0.475 e. The first-order valence-corrected chi connectivity index (χ1v) is 6.06. The Morgan fingerprint density at radius 2 is 2.19 bits per heavy atom. The molecule has 16 heavy (non-hydrogen) atoms. The molecule has 1 aliphatic rings. The number of carboxylic acid groups (broad SMARTS) is 1. The van der Waals surface area contributed by atoms with E-state index < -0.39 is 5.97 Å². The second-order valence-electron chi connectivity index (χ2n) is 3.58. The maximum absolute atomic E-state index is 10.8. The molecule has 2 heterocycles. The number of nitrogens with zero attached hydrogens (tertiary/aromatic N) is 1. The largest absolute Gasteiger partial charge is 0.475 e. The molecule has 0 aliphatic carbocycles. The third-order valence-corrected chi connectivity index (χ3v) is 3.22. The molecule has 0 amide bonds. The fourth-order valence-corrected chi connectivity index (χ4v) is 2.31. The molecule has 1 fully saturated rings. The first kappa shape index (κ1) is 11.9. The molecule has 1 aliphatic heterocycles. The van der Waals surface area contributed by atoms with Gasteiger partial charge in [0.1, 0.15) is 5.76 Å². The van der Waals surface area contributed by atoms with E-state index >= 15 is 0 Å². The predicted molar refractivity (Wildman–Crippen MR) is 64.5 cm³/mol. The third-order valence-electron chi connectivity index (χ3n) is 2.42. The Morgan fingerprint density at radius 3 is 2.75 bits per heavy atom. The second-order valence-corrected chi connectivity index (χ2v) is 4.75. The number of morpholine rings is 1. The van der Waals surface area contributed by atoms with Gasteiger partial charge in [-0.2, -0.15) is 0 Å². The van der Waals surface area contributed by atoms with Gasteiger partial charge in [-0.05, 0) is 28.7 Å². The average Bonchev–Trinajstić information content (AvgIpc) is 2.61. The summed E-state index contributed by atoms with van der Waals surface area (Å²) in [7, 11) is 0. The van der Waals surface area contributed by atoms with Crippen LogP contribution >= 0.6 is 22.6 Å². The van der Waals surface area contributed by atoms with E-state index in [2.05, 4.69) is 4.90 Å². The van der Waals surface area contributed by atoms with Crippen LogP contribution in [0.1, 0.15) is 16.3 Å². The van der Waals surface area contributed by atoms with Crippen molar-refractivity contribution in [2.24, 2.45) is 0 Å². The van der Waals surface area contributed by atoms with E-state index in [0.29, 0.717) is 15.9 Å². The molecule has 0 bridgehead atoms. The molecule has 2 rings (SSSR count). The van der Waals surface area contributed by atoms with Crippen LogP contribution in [0.15, 0.2) is 10.5 Å². The van der Waals surface area contributed by atoms with E-state index in [1.807, 2.05) is 22.6 Å². The Balaban J connectivity index is 2.03. The number of carboxylic acids is 1. The number of hydrogen-bond acceptors (Lipinski definition) is 4. The summed E-state index contributed by atoms with van der Waals surface area (Å²) in [6.45, 7) is 3.82. The highest BCUT2D eigenvalue weighted by Gasteiger charge is 2.18. The smallest absolute Gasteiger partial charge is 0.372 e. The summed E-state index contributed by atoms with van der Waals surface area (Å²) in [6, 6.07) is 1.78. The maximum Gasteiger partial charge on any atom is 0.372 e. The summed E-state index contributed by atoms with van der Waals surface area (Å²) in [5.74, 6) is -0.287. The summed E-state index contributed by atoms with van der Waals surface area (Å²) in [4.78, 5) is 13.0. The lowest BCUT2D eigenvalue weighted by atomic mass is 10.3. The minimum absolute atomic E-state index is 0.0314. The minimum atomic E-state index is -1.02. The van der Waals surface area contributed by atoms with Crippen LogP contribution in [0.25, 0.3) is 0 Å². The first-order valence-electron chi connectivity index (χ1n) is 4.98. The lowest BCUT2D eigenvalue weighted by Crippen LogP contribution is -2.35. The molecule has 0 unspecified atom stereocenters. The van der Waals surface area contributed by atoms with E-state index in [4.69, 9.17) is 14.3 Å². The van der Waals surface area contributed by atoms with Crippen LogP contribution in [0.2, 0.25) is 0 Å². The molecule has 0 radical (unpaired) electrons. The van der Waals surface area contributed by atoms with Gasteiger partial charge in [0.2, 0.25) is 5.76 Å². The number of carbonyl (C=O) groups is 1. The van der Waals surface area contributed by atoms with Gasteiger partial charge in [-0.3, -0.25) is 4.90 Å². The highest BCUT2D eigenvalue weighted by Crippen LogP contribution is 2.19. The monoisotopic (exact) mass is 337 g/mol. The summed E-state index contributed by atoms with van der Waals surface area (Å²) in [5, 5.41) is 8.85. The van der Waals surface area contributed by atoms with Crippen molar-refractivity contribution >= 4 is 28.6 Å². The van der Waals surface area contributed by atoms with Crippen molar-refractivity contribution in [2.45, 2.75) is 6.54 Å². The van der Waals surface area contributed by atoms with Gasteiger partial charge in [-0.15, -0.1) is 0 Å². The van der Waals surface area contributed by atoms with Crippen LogP contribution in [0.5, 0.6) is 0 Å². The molecule has 0 spiro atoms. The van der Waals surface area contributed by atoms with Crippen molar-refractivity contribution in [3.05, 3.63) is 21.2 Å². The molecule has 1 N–H and O–H groups in total. The van der Waals surface area contributed by atoms with Crippen LogP contribution in [-0.2, 0) is 11.3 Å². The van der Waals surface area contributed by atoms with Gasteiger partial charge in [-0.1, -0.05) is 0 Å². The van der Waals surface area contributed by atoms with Crippen molar-refractivity contribution in [3.8, 4) is 0 Å². The number of furan rings is 1. The Kier molecular flexibility index (Phi) is 3.82. The van der Waals surface area contributed by atoms with Crippen molar-refractivity contribution in [3.63, 3.8) is 0 Å². The van der Waals surface area contributed by atoms with Crippen LogP contribution in [-0.4, -0.2) is 42.3 Å². The third kappa shape index (κ3) is 2.74. The SMILES string of the molecule is O=C(O)c1oc(CN2CCOCC2)cc1I. The number of hydrogen-bond donors (Lipinski definition) is 1. The normalized spacial score (nSPS) is 17.6. The topological polar surface area (TPSA) is 62.9 Å². The molecule has 1 aromatic rings. The number of ether oxygens (including phenoxy) is 1. The van der Waals surface area contributed by atoms with Gasteiger partial charge >= 0.3 is 5.97 Å². The van der Waals surface area contributed by atoms with Crippen molar-refractivity contribution in [1.82, 2.24) is 4.90 Å². The van der Waals surface area contributed by atoms with E-state index in [-0.39, 0.29) is 5.76 Å². The van der Waals surface area contributed by atoms with E-state index in [1.54, 1.807) is 6.07 Å². The molecule has 0 saturated carbocycles. The molecule has 5 nitrogen and oxygen atoms in total. The first-order chi connectivity index (χ1) is 7.66. The standard InChI is InChI=1S/C10H12INO4/c11-8-5-7(16-9(8)10(13)14)6-12-1-3-15-4-2-12/h5H,1-4,6H2,(H,13,14). The highest BCUT2D eigenvalue weighted by molar-refractivity contribution is 14.1. The van der Waals surface area contributed by atoms with Gasteiger partial charge in [-0.25, -0.2) is 4.79 Å². The average molecular weight is 337 g/mol. The fourth-order valence-electron chi connectivity index (χ4n) is 1.62. The summed E-state index contributed by atoms with van der Waals surface area (Å²) in [6.07, 6.45) is 0. The van der Waals surface area contributed by atoms with Crippen molar-refractivity contribution < 1.29 is 19.1 Å². The van der Waals surface area contributed by atoms with E-state index in [1.165, 1.54) is 0 Å². The van der Waals surface area contributed by atoms with Crippen LogP contribution in [0.3, 0.4) is 0 Å². The van der Waals surface area contributed by atoms with Gasteiger partial charge in [0.05, 0.1) is 23.3 Å². The maximum atomic E-state index is 10.8. The molecule has 88 valence electrons. The van der Waals surface area contributed by atoms with Gasteiger partial charge < -0.3 is 14.3 Å². The number of rotatable bonds is 3. The summed E-state index contributed by atoms with van der Waals surface area (Å²) >= 11 is 1.97. The van der Waals surface area contributed by atoms with Crippen LogP contribution in [0.4, 0.5) is 0 Å². The van der Waals surface area contributed by atoms with Crippen molar-refractivity contribution in [2.75, 3.05) is 26.3 Å². The zero-order chi connectivity index (χ0) is 11.5. The zero-order valence-corrected chi connectivity index (χ0v) is 10.8. The van der Waals surface area contributed by atoms with Gasteiger partial charge in [0, 0.05) is 13.1 Å². The van der Waals surface area contributed by atoms with Crippen molar-refractivity contribution in [1.29, 1.82) is 0 Å². The molecule has 1 aromatic heterocycles. The van der Waals surface area contributed by atoms with E-state index in [0.717, 1.165) is 26.3 Å². The fraction of sp³-hybridized carbons (Fsp3) is 0.500. The number of halogens is 1. The Labute approximate surface area is 107 Å². The van der Waals surface area contributed by atoms with Crippen LogP contribution in [0, 0.1) is 3.57 Å². The molecular weight excluding hydrogens is 325 g/mol. The Morgan fingerprint density at radius 1 is 1.50 bits per heavy atom. The Hall–Kier alpha value is -0.600. The lowest BCUT2D eigenvalue weighted by Gasteiger charge is -2.25. The molecule has 1 saturated heterocycles. The van der Waals surface area contributed by atoms with Gasteiger partial charge in [0.15, 0.2) is 0 Å². The predicted octanol–water partition coefficient (Wildman–Crippen LogP) is 1.41. The summed E-state index contributed by atoms with van der Waals surface area (Å²) in [5.41, 5.74) is 0. The quantitative estimate of drug-likeness (QED) is 0.846. The molecule has 0 atom stereocenters. The molecule has 0 aromatic carbocycles. The second kappa shape index (κ2) is 5.15. The number of aromatic carboxylic acids is 1. The molecule has 6 heteroatoms.